The number of carbonyl (C=O) groups excluding carboxylic acids is 1. The topological polar surface area (TPSA) is 78.8 Å². The van der Waals surface area contributed by atoms with Crippen LogP contribution in [0.25, 0.3) is 10.8 Å². The standard InChI is InChI=1S/C20H17Cl2N3O3S/c1-29(27,28)25(19-11-4-7-14-6-2-3-8-15(14)19)13-20(26)24-23-12-16-17(21)9-5-10-18(16)22/h2-12H,13H2,1H3,(H,24,26)/b23-12+. The molecule has 0 saturated heterocycles. The predicted octanol–water partition coefficient (Wildman–Crippen LogP) is 4.06. The number of benzene rings is 3. The van der Waals surface area contributed by atoms with E-state index in [9.17, 15) is 13.2 Å². The van der Waals surface area contributed by atoms with Crippen LogP contribution >= 0.6 is 23.2 Å². The normalized spacial score (nSPS) is 11.7. The zero-order valence-electron chi connectivity index (χ0n) is 15.3. The third kappa shape index (κ3) is 5.06. The third-order valence-electron chi connectivity index (χ3n) is 4.11. The lowest BCUT2D eigenvalue weighted by Gasteiger charge is -2.23. The molecular formula is C20H17Cl2N3O3S. The molecule has 6 nitrogen and oxygen atoms in total. The van der Waals surface area contributed by atoms with Gasteiger partial charge in [0.05, 0.1) is 28.2 Å². The van der Waals surface area contributed by atoms with E-state index in [1.807, 2.05) is 24.3 Å². The molecule has 0 aliphatic carbocycles. The summed E-state index contributed by atoms with van der Waals surface area (Å²) >= 11 is 12.1. The summed E-state index contributed by atoms with van der Waals surface area (Å²) in [5, 5.41) is 6.18. The van der Waals surface area contributed by atoms with Crippen molar-refractivity contribution in [3.63, 3.8) is 0 Å². The molecule has 0 heterocycles. The van der Waals surface area contributed by atoms with Crippen molar-refractivity contribution in [3.8, 4) is 0 Å². The van der Waals surface area contributed by atoms with Crippen molar-refractivity contribution < 1.29 is 13.2 Å². The number of nitrogens with one attached hydrogen (secondary N) is 1. The van der Waals surface area contributed by atoms with Gasteiger partial charge in [0, 0.05) is 10.9 Å². The second-order valence-corrected chi connectivity index (χ2v) is 8.92. The predicted molar refractivity (Wildman–Crippen MR) is 118 cm³/mol. The molecule has 9 heteroatoms. The van der Waals surface area contributed by atoms with Gasteiger partial charge in [-0.1, -0.05) is 65.7 Å². The first kappa shape index (κ1) is 21.1. The van der Waals surface area contributed by atoms with Gasteiger partial charge >= 0.3 is 0 Å². The van der Waals surface area contributed by atoms with E-state index in [4.69, 9.17) is 23.2 Å². The number of halogens is 2. The molecule has 3 aromatic carbocycles. The summed E-state index contributed by atoms with van der Waals surface area (Å²) in [6, 6.07) is 17.6. The molecule has 0 atom stereocenters. The molecule has 0 bridgehead atoms. The number of rotatable bonds is 6. The van der Waals surface area contributed by atoms with E-state index < -0.39 is 22.5 Å². The van der Waals surface area contributed by atoms with Gasteiger partial charge < -0.3 is 0 Å². The second kappa shape index (κ2) is 8.82. The first-order valence-corrected chi connectivity index (χ1v) is 11.1. The molecule has 0 aromatic heterocycles. The molecule has 0 fully saturated rings. The smallest absolute Gasteiger partial charge is 0.260 e. The number of nitrogens with zero attached hydrogens (tertiary/aromatic N) is 2. The molecular weight excluding hydrogens is 433 g/mol. The van der Waals surface area contributed by atoms with Gasteiger partial charge in [-0.05, 0) is 23.6 Å². The van der Waals surface area contributed by atoms with Crippen molar-refractivity contribution in [3.05, 3.63) is 76.3 Å². The van der Waals surface area contributed by atoms with Crippen molar-refractivity contribution in [2.45, 2.75) is 0 Å². The van der Waals surface area contributed by atoms with Crippen LogP contribution in [-0.2, 0) is 14.8 Å². The molecule has 0 spiro atoms. The summed E-state index contributed by atoms with van der Waals surface area (Å²) in [7, 11) is -3.72. The lowest BCUT2D eigenvalue weighted by molar-refractivity contribution is -0.119. The van der Waals surface area contributed by atoms with E-state index in [1.165, 1.54) is 6.21 Å². The number of hydrogen-bond acceptors (Lipinski definition) is 4. The Bertz CT molecular complexity index is 1170. The molecule has 0 aliphatic heterocycles. The van der Waals surface area contributed by atoms with E-state index in [0.29, 0.717) is 21.3 Å². The van der Waals surface area contributed by atoms with Crippen LogP contribution in [0.4, 0.5) is 5.69 Å². The molecule has 3 rings (SSSR count). The Morgan fingerprint density at radius 3 is 2.34 bits per heavy atom. The van der Waals surface area contributed by atoms with E-state index >= 15 is 0 Å². The number of sulfonamides is 1. The van der Waals surface area contributed by atoms with Crippen molar-refractivity contribution in [1.82, 2.24) is 5.43 Å². The number of hydrazone groups is 1. The highest BCUT2D eigenvalue weighted by Crippen LogP contribution is 2.28. The quantitative estimate of drug-likeness (QED) is 0.455. The highest BCUT2D eigenvalue weighted by Gasteiger charge is 2.22. The summed E-state index contributed by atoms with van der Waals surface area (Å²) in [6.45, 7) is -0.430. The van der Waals surface area contributed by atoms with Gasteiger partial charge in [-0.3, -0.25) is 9.10 Å². The molecule has 0 saturated carbocycles. The molecule has 0 radical (unpaired) electrons. The highest BCUT2D eigenvalue weighted by molar-refractivity contribution is 7.92. The zero-order chi connectivity index (χ0) is 21.0. The Kier molecular flexibility index (Phi) is 6.42. The molecule has 0 unspecified atom stereocenters. The van der Waals surface area contributed by atoms with Crippen LogP contribution in [0.1, 0.15) is 5.56 Å². The van der Waals surface area contributed by atoms with Crippen molar-refractivity contribution >= 4 is 61.8 Å². The first-order valence-electron chi connectivity index (χ1n) is 8.49. The first-order chi connectivity index (χ1) is 13.8. The highest BCUT2D eigenvalue weighted by atomic mass is 35.5. The van der Waals surface area contributed by atoms with Crippen molar-refractivity contribution in [2.24, 2.45) is 5.10 Å². The average Bonchev–Trinajstić information content (AvgIpc) is 2.67. The maximum Gasteiger partial charge on any atom is 0.260 e. The summed E-state index contributed by atoms with van der Waals surface area (Å²) in [4.78, 5) is 12.4. The Balaban J connectivity index is 1.83. The van der Waals surface area contributed by atoms with E-state index in [1.54, 1.807) is 36.4 Å². The van der Waals surface area contributed by atoms with Crippen LogP contribution in [0.5, 0.6) is 0 Å². The van der Waals surface area contributed by atoms with Gasteiger partial charge in [-0.2, -0.15) is 5.10 Å². The minimum atomic E-state index is -3.72. The van der Waals surface area contributed by atoms with Crippen LogP contribution in [0, 0.1) is 0 Å². The molecule has 1 amide bonds. The average molecular weight is 450 g/mol. The molecule has 150 valence electrons. The molecule has 1 N–H and O–H groups in total. The van der Waals surface area contributed by atoms with Gasteiger partial charge in [-0.15, -0.1) is 0 Å². The number of fused-ring (bicyclic) bond motifs is 1. The lowest BCUT2D eigenvalue weighted by Crippen LogP contribution is -2.39. The fourth-order valence-electron chi connectivity index (χ4n) is 2.78. The Hall–Kier alpha value is -2.61. The SMILES string of the molecule is CS(=O)(=O)N(CC(=O)N/N=C/c1c(Cl)cccc1Cl)c1cccc2ccccc12. The number of carbonyl (C=O) groups is 1. The van der Waals surface area contributed by atoms with Crippen LogP contribution in [0.3, 0.4) is 0 Å². The Labute approximate surface area is 178 Å². The lowest BCUT2D eigenvalue weighted by atomic mass is 10.1. The van der Waals surface area contributed by atoms with Gasteiger partial charge in [0.1, 0.15) is 6.54 Å². The largest absolute Gasteiger partial charge is 0.271 e. The zero-order valence-corrected chi connectivity index (χ0v) is 17.7. The van der Waals surface area contributed by atoms with Crippen LogP contribution in [0.2, 0.25) is 10.0 Å². The van der Waals surface area contributed by atoms with Crippen LogP contribution in [-0.4, -0.2) is 33.3 Å². The summed E-state index contributed by atoms with van der Waals surface area (Å²) in [6.07, 6.45) is 2.36. The Morgan fingerprint density at radius 1 is 1.03 bits per heavy atom. The second-order valence-electron chi connectivity index (χ2n) is 6.20. The van der Waals surface area contributed by atoms with E-state index in [0.717, 1.165) is 21.3 Å². The van der Waals surface area contributed by atoms with Crippen LogP contribution in [0.15, 0.2) is 65.8 Å². The maximum atomic E-state index is 12.4. The van der Waals surface area contributed by atoms with Gasteiger partial charge in [0.15, 0.2) is 0 Å². The summed E-state index contributed by atoms with van der Waals surface area (Å²) < 4.78 is 25.8. The fourth-order valence-corrected chi connectivity index (χ4v) is 4.14. The van der Waals surface area contributed by atoms with Crippen molar-refractivity contribution in [1.29, 1.82) is 0 Å². The van der Waals surface area contributed by atoms with Gasteiger partial charge in [0.25, 0.3) is 5.91 Å². The minimum Gasteiger partial charge on any atom is -0.271 e. The summed E-state index contributed by atoms with van der Waals surface area (Å²) in [5.74, 6) is -0.609. The molecule has 3 aromatic rings. The molecule has 0 aliphatic rings. The minimum absolute atomic E-state index is 0.379. The number of hydrogen-bond donors (Lipinski definition) is 1. The maximum absolute atomic E-state index is 12.4. The van der Waals surface area contributed by atoms with Crippen LogP contribution < -0.4 is 9.73 Å². The van der Waals surface area contributed by atoms with Gasteiger partial charge in [-0.25, -0.2) is 13.8 Å². The van der Waals surface area contributed by atoms with Crippen molar-refractivity contribution in [2.75, 3.05) is 17.1 Å². The van der Waals surface area contributed by atoms with Gasteiger partial charge in [0.2, 0.25) is 10.0 Å². The Morgan fingerprint density at radius 2 is 1.66 bits per heavy atom. The van der Waals surface area contributed by atoms with E-state index in [-0.39, 0.29) is 0 Å². The monoisotopic (exact) mass is 449 g/mol. The summed E-state index contributed by atoms with van der Waals surface area (Å²) in [5.41, 5.74) is 3.18. The van der Waals surface area contributed by atoms with E-state index in [2.05, 4.69) is 10.5 Å². The third-order valence-corrected chi connectivity index (χ3v) is 5.89. The number of amides is 1. The molecule has 29 heavy (non-hydrogen) atoms. The fraction of sp³-hybridized carbons (Fsp3) is 0.100. The number of anilines is 1.